The molecule has 4 heterocycles. The Morgan fingerprint density at radius 1 is 1.39 bits per heavy atom. The lowest BCUT2D eigenvalue weighted by Crippen LogP contribution is -2.54. The minimum absolute atomic E-state index is 0.0350. The van der Waals surface area contributed by atoms with Crippen LogP contribution >= 0.6 is 11.5 Å². The Bertz CT molecular complexity index is 1250. The predicted octanol–water partition coefficient (Wildman–Crippen LogP) is 1.22. The highest BCUT2D eigenvalue weighted by Crippen LogP contribution is 2.28. The zero-order chi connectivity index (χ0) is 23.7. The third-order valence-corrected chi connectivity index (χ3v) is 6.18. The van der Waals surface area contributed by atoms with Gasteiger partial charge in [0.1, 0.15) is 17.7 Å². The quantitative estimate of drug-likeness (QED) is 0.495. The molecule has 1 saturated heterocycles. The number of carboxylic acid groups (broad SMARTS) is 1. The molecule has 0 saturated carbocycles. The fourth-order valence-electron chi connectivity index (χ4n) is 3.77. The summed E-state index contributed by atoms with van der Waals surface area (Å²) in [6, 6.07) is 1.74. The molecule has 1 atom stereocenters. The number of anilines is 1. The van der Waals surface area contributed by atoms with Crippen LogP contribution in [0.1, 0.15) is 29.8 Å². The van der Waals surface area contributed by atoms with Crippen molar-refractivity contribution in [3.63, 3.8) is 0 Å². The van der Waals surface area contributed by atoms with Crippen LogP contribution in [0.3, 0.4) is 0 Å². The minimum atomic E-state index is -1.32. The summed E-state index contributed by atoms with van der Waals surface area (Å²) < 4.78 is 10.9. The molecule has 1 aliphatic rings. The summed E-state index contributed by atoms with van der Waals surface area (Å²) in [5.74, 6) is -0.921. The lowest BCUT2D eigenvalue weighted by molar-refractivity contribution is -0.126. The molecule has 11 nitrogen and oxygen atoms in total. The Morgan fingerprint density at radius 3 is 2.79 bits per heavy atom. The van der Waals surface area contributed by atoms with Gasteiger partial charge in [-0.1, -0.05) is 0 Å². The molecule has 0 radical (unpaired) electrons. The maximum Gasteiger partial charge on any atom is 0.341 e. The van der Waals surface area contributed by atoms with Crippen molar-refractivity contribution in [3.05, 3.63) is 39.9 Å². The summed E-state index contributed by atoms with van der Waals surface area (Å²) in [5, 5.41) is 13.0. The molecule has 2 N–H and O–H groups in total. The lowest BCUT2D eigenvalue weighted by atomic mass is 9.98. The van der Waals surface area contributed by atoms with E-state index < -0.39 is 11.4 Å². The minimum Gasteiger partial charge on any atom is -0.477 e. The second kappa shape index (κ2) is 9.24. The Hall–Kier alpha value is -3.38. The summed E-state index contributed by atoms with van der Waals surface area (Å²) in [5.41, 5.74) is -0.0635. The van der Waals surface area contributed by atoms with Gasteiger partial charge in [-0.15, -0.1) is 0 Å². The van der Waals surface area contributed by atoms with Gasteiger partial charge in [0, 0.05) is 44.0 Å². The van der Waals surface area contributed by atoms with Crippen LogP contribution in [0.15, 0.2) is 23.4 Å². The fourth-order valence-corrected chi connectivity index (χ4v) is 4.28. The fraction of sp³-hybridized carbons (Fsp3) is 0.429. The summed E-state index contributed by atoms with van der Waals surface area (Å²) in [6.45, 7) is 7.59. The molecule has 33 heavy (non-hydrogen) atoms. The van der Waals surface area contributed by atoms with Gasteiger partial charge < -0.3 is 20.1 Å². The van der Waals surface area contributed by atoms with E-state index in [0.29, 0.717) is 48.4 Å². The van der Waals surface area contributed by atoms with Gasteiger partial charge in [-0.05, 0) is 32.4 Å². The predicted molar refractivity (Wildman–Crippen MR) is 122 cm³/mol. The molecule has 0 bridgehead atoms. The normalized spacial score (nSPS) is 14.8. The first-order valence-corrected chi connectivity index (χ1v) is 11.3. The van der Waals surface area contributed by atoms with Crippen molar-refractivity contribution in [2.75, 3.05) is 31.1 Å². The van der Waals surface area contributed by atoms with Gasteiger partial charge in [-0.2, -0.15) is 4.37 Å². The average Bonchev–Trinajstić information content (AvgIpc) is 3.25. The molecular formula is C21H24N6O5S. The number of rotatable bonds is 8. The van der Waals surface area contributed by atoms with Crippen molar-refractivity contribution in [2.24, 2.45) is 5.92 Å². The number of aromatic carboxylic acids is 1. The Labute approximate surface area is 193 Å². The second-order valence-electron chi connectivity index (χ2n) is 7.88. The molecular weight excluding hydrogens is 448 g/mol. The number of hydrogen-bond acceptors (Lipinski definition) is 9. The highest BCUT2D eigenvalue weighted by Gasteiger charge is 2.34. The van der Waals surface area contributed by atoms with Crippen molar-refractivity contribution in [2.45, 2.75) is 26.9 Å². The number of fused-ring (bicyclic) bond motifs is 1. The van der Waals surface area contributed by atoms with Crippen molar-refractivity contribution in [3.8, 4) is 5.13 Å². The first kappa shape index (κ1) is 22.8. The van der Waals surface area contributed by atoms with Gasteiger partial charge in [0.2, 0.25) is 16.5 Å². The van der Waals surface area contributed by atoms with Crippen molar-refractivity contribution >= 4 is 40.3 Å². The Balaban J connectivity index is 1.62. The lowest BCUT2D eigenvalue weighted by Gasteiger charge is -2.39. The maximum atomic E-state index is 12.8. The number of hydrogen-bond donors (Lipinski definition) is 2. The van der Waals surface area contributed by atoms with E-state index in [9.17, 15) is 19.5 Å². The largest absolute Gasteiger partial charge is 0.477 e. The Morgan fingerprint density at radius 2 is 2.15 bits per heavy atom. The number of amides is 1. The maximum absolute atomic E-state index is 12.8. The zero-order valence-corrected chi connectivity index (χ0v) is 19.3. The Kier molecular flexibility index (Phi) is 6.38. The standard InChI is InChI=1S/C21H24N6O5S/c1-4-32-12(3)6-22-19(29)13-7-26(8-13)15-5-11(2)16-17(28)14(20(30)31)9-27(18(16)25-15)21-23-10-24-33-21/h5,9-10,12-13H,4,6-8H2,1-3H3,(H,22,29)(H,30,31). The molecule has 1 aliphatic heterocycles. The molecule has 174 valence electrons. The number of nitrogens with one attached hydrogen (secondary N) is 1. The van der Waals surface area contributed by atoms with E-state index in [2.05, 4.69) is 19.7 Å². The van der Waals surface area contributed by atoms with Crippen LogP contribution in [0.25, 0.3) is 16.2 Å². The molecule has 0 aliphatic carbocycles. The number of aromatic nitrogens is 4. The van der Waals surface area contributed by atoms with E-state index in [-0.39, 0.29) is 28.9 Å². The van der Waals surface area contributed by atoms with Gasteiger partial charge in [-0.3, -0.25) is 14.2 Å². The van der Waals surface area contributed by atoms with E-state index in [1.54, 1.807) is 13.0 Å². The molecule has 12 heteroatoms. The summed E-state index contributed by atoms with van der Waals surface area (Å²) in [4.78, 5) is 47.7. The molecule has 1 fully saturated rings. The van der Waals surface area contributed by atoms with Crippen molar-refractivity contribution in [1.29, 1.82) is 0 Å². The third kappa shape index (κ3) is 4.44. The van der Waals surface area contributed by atoms with E-state index >= 15 is 0 Å². The van der Waals surface area contributed by atoms with E-state index in [0.717, 1.165) is 11.5 Å². The zero-order valence-electron chi connectivity index (χ0n) is 18.4. The highest BCUT2D eigenvalue weighted by atomic mass is 32.1. The summed E-state index contributed by atoms with van der Waals surface area (Å²) >= 11 is 1.06. The van der Waals surface area contributed by atoms with Gasteiger partial charge in [0.25, 0.3) is 0 Å². The monoisotopic (exact) mass is 472 g/mol. The molecule has 4 rings (SSSR count). The van der Waals surface area contributed by atoms with Gasteiger partial charge in [0.05, 0.1) is 17.4 Å². The molecule has 3 aromatic heterocycles. The van der Waals surface area contributed by atoms with Crippen LogP contribution in [0, 0.1) is 12.8 Å². The van der Waals surface area contributed by atoms with Crippen LogP contribution in [-0.4, -0.2) is 68.2 Å². The molecule has 1 amide bonds. The number of pyridine rings is 2. The van der Waals surface area contributed by atoms with Crippen LogP contribution in [0.2, 0.25) is 0 Å². The number of carboxylic acids is 1. The van der Waals surface area contributed by atoms with Crippen molar-refractivity contribution < 1.29 is 19.4 Å². The first-order valence-electron chi connectivity index (χ1n) is 10.5. The SMILES string of the molecule is CCOC(C)CNC(=O)C1CN(c2cc(C)c3c(=O)c(C(=O)O)cn(-c4ncns4)c3n2)C1. The number of nitrogens with zero attached hydrogens (tertiary/aromatic N) is 5. The number of carbonyl (C=O) groups is 2. The number of aryl methyl sites for hydroxylation is 1. The van der Waals surface area contributed by atoms with Crippen LogP contribution in [-0.2, 0) is 9.53 Å². The second-order valence-corrected chi connectivity index (χ2v) is 8.64. The highest BCUT2D eigenvalue weighted by molar-refractivity contribution is 7.08. The smallest absolute Gasteiger partial charge is 0.341 e. The van der Waals surface area contributed by atoms with Gasteiger partial charge >= 0.3 is 5.97 Å². The topological polar surface area (TPSA) is 140 Å². The summed E-state index contributed by atoms with van der Waals surface area (Å²) in [7, 11) is 0. The van der Waals surface area contributed by atoms with Crippen LogP contribution in [0.4, 0.5) is 5.82 Å². The number of ether oxygens (including phenoxy) is 1. The molecule has 0 spiro atoms. The third-order valence-electron chi connectivity index (χ3n) is 5.52. The molecule has 0 aromatic carbocycles. The summed E-state index contributed by atoms with van der Waals surface area (Å²) in [6.07, 6.45) is 2.54. The van der Waals surface area contributed by atoms with Crippen LogP contribution in [0.5, 0.6) is 0 Å². The number of carbonyl (C=O) groups excluding carboxylic acids is 1. The molecule has 3 aromatic rings. The average molecular weight is 473 g/mol. The first-order chi connectivity index (χ1) is 15.8. The van der Waals surface area contributed by atoms with E-state index in [1.165, 1.54) is 17.1 Å². The molecule has 1 unspecified atom stereocenters. The van der Waals surface area contributed by atoms with Crippen molar-refractivity contribution in [1.82, 2.24) is 24.2 Å². The van der Waals surface area contributed by atoms with E-state index in [1.807, 2.05) is 18.7 Å². The van der Waals surface area contributed by atoms with E-state index in [4.69, 9.17) is 4.74 Å². The van der Waals surface area contributed by atoms with Gasteiger partial charge in [-0.25, -0.2) is 14.8 Å². The van der Waals surface area contributed by atoms with Crippen LogP contribution < -0.4 is 15.6 Å². The van der Waals surface area contributed by atoms with Gasteiger partial charge in [0.15, 0.2) is 5.65 Å².